The third-order valence-corrected chi connectivity index (χ3v) is 3.25. The molecule has 1 heterocycles. The summed E-state index contributed by atoms with van der Waals surface area (Å²) in [6.07, 6.45) is 1.74. The van der Waals surface area contributed by atoms with Crippen LogP contribution in [0.2, 0.25) is 0 Å². The molecule has 0 aromatic heterocycles. The highest BCUT2D eigenvalue weighted by Crippen LogP contribution is 2.48. The maximum absolute atomic E-state index is 10.8. The van der Waals surface area contributed by atoms with E-state index in [9.17, 15) is 4.79 Å². The molecule has 3 nitrogen and oxygen atoms in total. The first-order valence-electron chi connectivity index (χ1n) is 5.24. The van der Waals surface area contributed by atoms with E-state index >= 15 is 0 Å². The minimum Gasteiger partial charge on any atom is -0.493 e. The van der Waals surface area contributed by atoms with Crippen molar-refractivity contribution in [3.05, 3.63) is 29.3 Å². The summed E-state index contributed by atoms with van der Waals surface area (Å²) >= 11 is 0. The van der Waals surface area contributed by atoms with E-state index in [2.05, 4.69) is 6.07 Å². The Morgan fingerprint density at radius 3 is 3.07 bits per heavy atom. The lowest BCUT2D eigenvalue weighted by molar-refractivity contribution is -0.138. The van der Waals surface area contributed by atoms with Crippen molar-refractivity contribution in [1.82, 2.24) is 0 Å². The van der Waals surface area contributed by atoms with E-state index in [1.165, 1.54) is 5.56 Å². The van der Waals surface area contributed by atoms with Gasteiger partial charge in [0.25, 0.3) is 0 Å². The SMILES string of the molecule is O=C(O)[C@@H]1C[C@@H]1c1ccc2c(c1)CCO2. The molecule has 3 heteroatoms. The van der Waals surface area contributed by atoms with Crippen LogP contribution in [0.3, 0.4) is 0 Å². The molecule has 0 radical (unpaired) electrons. The van der Waals surface area contributed by atoms with E-state index in [0.717, 1.165) is 30.8 Å². The highest BCUT2D eigenvalue weighted by atomic mass is 16.5. The van der Waals surface area contributed by atoms with Crippen LogP contribution < -0.4 is 4.74 Å². The molecule has 2 aliphatic rings. The van der Waals surface area contributed by atoms with Gasteiger partial charge in [-0.1, -0.05) is 12.1 Å². The van der Waals surface area contributed by atoms with Gasteiger partial charge in [0.15, 0.2) is 0 Å². The average molecular weight is 204 g/mol. The Bertz CT molecular complexity index is 425. The van der Waals surface area contributed by atoms with E-state index in [4.69, 9.17) is 9.84 Å². The zero-order valence-corrected chi connectivity index (χ0v) is 8.27. The van der Waals surface area contributed by atoms with Crippen LogP contribution in [0.4, 0.5) is 0 Å². The maximum atomic E-state index is 10.8. The molecule has 0 unspecified atom stereocenters. The van der Waals surface area contributed by atoms with Gasteiger partial charge in [0.1, 0.15) is 5.75 Å². The number of rotatable bonds is 2. The number of aliphatic carboxylic acids is 1. The van der Waals surface area contributed by atoms with Crippen molar-refractivity contribution in [2.45, 2.75) is 18.8 Å². The number of ether oxygens (including phenoxy) is 1. The van der Waals surface area contributed by atoms with E-state index in [0.29, 0.717) is 0 Å². The Balaban J connectivity index is 1.86. The molecule has 78 valence electrons. The Hall–Kier alpha value is -1.51. The summed E-state index contributed by atoms with van der Waals surface area (Å²) in [6.45, 7) is 0.756. The fourth-order valence-corrected chi connectivity index (χ4v) is 2.27. The molecule has 3 rings (SSSR count). The molecule has 2 atom stereocenters. The van der Waals surface area contributed by atoms with Crippen molar-refractivity contribution >= 4 is 5.97 Å². The second-order valence-electron chi connectivity index (χ2n) is 4.25. The fourth-order valence-electron chi connectivity index (χ4n) is 2.27. The van der Waals surface area contributed by atoms with Crippen LogP contribution in [0, 0.1) is 5.92 Å². The molecule has 1 aliphatic carbocycles. The number of carboxylic acid groups (broad SMARTS) is 1. The van der Waals surface area contributed by atoms with Crippen molar-refractivity contribution < 1.29 is 14.6 Å². The Kier molecular flexibility index (Phi) is 1.75. The summed E-state index contributed by atoms with van der Waals surface area (Å²) in [6, 6.07) is 6.07. The summed E-state index contributed by atoms with van der Waals surface area (Å²) in [5.41, 5.74) is 2.38. The summed E-state index contributed by atoms with van der Waals surface area (Å²) in [7, 11) is 0. The summed E-state index contributed by atoms with van der Waals surface area (Å²) < 4.78 is 5.41. The molecule has 0 saturated heterocycles. The normalized spacial score (nSPS) is 26.9. The monoisotopic (exact) mass is 204 g/mol. The molecule has 1 aromatic rings. The Morgan fingerprint density at radius 1 is 1.47 bits per heavy atom. The molecular formula is C12H12O3. The average Bonchev–Trinajstić information content (AvgIpc) is 2.89. The van der Waals surface area contributed by atoms with Crippen LogP contribution in [0.1, 0.15) is 23.5 Å². The van der Waals surface area contributed by atoms with E-state index in [-0.39, 0.29) is 11.8 Å². The predicted octanol–water partition coefficient (Wildman–Crippen LogP) is 1.81. The molecular weight excluding hydrogens is 192 g/mol. The highest BCUT2D eigenvalue weighted by Gasteiger charge is 2.44. The van der Waals surface area contributed by atoms with Crippen LogP contribution in [-0.2, 0) is 11.2 Å². The van der Waals surface area contributed by atoms with Gasteiger partial charge in [0.2, 0.25) is 0 Å². The van der Waals surface area contributed by atoms with Gasteiger partial charge in [-0.05, 0) is 29.5 Å². The van der Waals surface area contributed by atoms with Crippen LogP contribution in [0.5, 0.6) is 5.75 Å². The topological polar surface area (TPSA) is 46.5 Å². The van der Waals surface area contributed by atoms with Crippen molar-refractivity contribution in [3.63, 3.8) is 0 Å². The molecule has 15 heavy (non-hydrogen) atoms. The summed E-state index contributed by atoms with van der Waals surface area (Å²) in [4.78, 5) is 10.8. The van der Waals surface area contributed by atoms with E-state index < -0.39 is 5.97 Å². The minimum atomic E-state index is -0.670. The van der Waals surface area contributed by atoms with Gasteiger partial charge in [-0.3, -0.25) is 4.79 Å². The number of benzene rings is 1. The highest BCUT2D eigenvalue weighted by molar-refractivity contribution is 5.75. The molecule has 0 spiro atoms. The smallest absolute Gasteiger partial charge is 0.307 e. The predicted molar refractivity (Wildman–Crippen MR) is 54.1 cm³/mol. The molecule has 1 N–H and O–H groups in total. The minimum absolute atomic E-state index is 0.162. The first-order valence-corrected chi connectivity index (χ1v) is 5.24. The Morgan fingerprint density at radius 2 is 2.33 bits per heavy atom. The number of carboxylic acids is 1. The molecule has 1 saturated carbocycles. The molecule has 1 aromatic carbocycles. The number of hydrogen-bond acceptors (Lipinski definition) is 2. The Labute approximate surface area is 87.7 Å². The van der Waals surface area contributed by atoms with Gasteiger partial charge in [-0.15, -0.1) is 0 Å². The lowest BCUT2D eigenvalue weighted by Gasteiger charge is -2.02. The molecule has 0 amide bonds. The first-order chi connectivity index (χ1) is 7.25. The van der Waals surface area contributed by atoms with E-state index in [1.807, 2.05) is 12.1 Å². The van der Waals surface area contributed by atoms with Gasteiger partial charge in [-0.2, -0.15) is 0 Å². The van der Waals surface area contributed by atoms with Gasteiger partial charge < -0.3 is 9.84 Å². The lowest BCUT2D eigenvalue weighted by Crippen LogP contribution is -1.98. The molecule has 1 aliphatic heterocycles. The summed E-state index contributed by atoms with van der Waals surface area (Å²) in [5, 5.41) is 8.85. The van der Waals surface area contributed by atoms with Crippen molar-refractivity contribution in [2.24, 2.45) is 5.92 Å². The third kappa shape index (κ3) is 1.39. The fraction of sp³-hybridized carbons (Fsp3) is 0.417. The van der Waals surface area contributed by atoms with Crippen LogP contribution in [0.15, 0.2) is 18.2 Å². The van der Waals surface area contributed by atoms with Crippen LogP contribution in [0.25, 0.3) is 0 Å². The van der Waals surface area contributed by atoms with Gasteiger partial charge in [0.05, 0.1) is 12.5 Å². The van der Waals surface area contributed by atoms with Gasteiger partial charge in [-0.25, -0.2) is 0 Å². The zero-order valence-electron chi connectivity index (χ0n) is 8.27. The number of carbonyl (C=O) groups is 1. The van der Waals surface area contributed by atoms with Crippen LogP contribution in [-0.4, -0.2) is 17.7 Å². The second kappa shape index (κ2) is 2.99. The summed E-state index contributed by atoms with van der Waals surface area (Å²) in [5.74, 6) is 0.363. The number of hydrogen-bond donors (Lipinski definition) is 1. The molecule has 1 fully saturated rings. The zero-order chi connectivity index (χ0) is 10.4. The van der Waals surface area contributed by atoms with Crippen molar-refractivity contribution in [2.75, 3.05) is 6.61 Å². The van der Waals surface area contributed by atoms with Crippen molar-refractivity contribution in [1.29, 1.82) is 0 Å². The first kappa shape index (κ1) is 8.77. The van der Waals surface area contributed by atoms with E-state index in [1.54, 1.807) is 0 Å². The van der Waals surface area contributed by atoms with Gasteiger partial charge in [0, 0.05) is 6.42 Å². The third-order valence-electron chi connectivity index (χ3n) is 3.25. The number of fused-ring (bicyclic) bond motifs is 1. The largest absolute Gasteiger partial charge is 0.493 e. The quantitative estimate of drug-likeness (QED) is 0.799. The van der Waals surface area contributed by atoms with Gasteiger partial charge >= 0.3 is 5.97 Å². The van der Waals surface area contributed by atoms with Crippen molar-refractivity contribution in [3.8, 4) is 5.75 Å². The maximum Gasteiger partial charge on any atom is 0.307 e. The second-order valence-corrected chi connectivity index (χ2v) is 4.25. The van der Waals surface area contributed by atoms with Crippen LogP contribution >= 0.6 is 0 Å². The lowest BCUT2D eigenvalue weighted by atomic mass is 10.0. The molecule has 0 bridgehead atoms. The standard InChI is InChI=1S/C12H12O3/c13-12(14)10-6-9(10)7-1-2-11-8(5-7)3-4-15-11/h1-2,5,9-10H,3-4,6H2,(H,13,14)/t9-,10-/m1/s1.